The van der Waals surface area contributed by atoms with E-state index in [-0.39, 0.29) is 11.8 Å². The number of aryl methyl sites for hydroxylation is 1. The van der Waals surface area contributed by atoms with Crippen LogP contribution >= 0.6 is 23.4 Å². The Kier molecular flexibility index (Phi) is 5.16. The van der Waals surface area contributed by atoms with Gasteiger partial charge in [-0.05, 0) is 20.3 Å². The SMILES string of the molecule is CC1(C)SC[C@@H](C(=O)NCCCn2cc(Cl)cn2)NC1=O. The molecule has 0 saturated carbocycles. The molecular weight excluding hydrogens is 312 g/mol. The lowest BCUT2D eigenvalue weighted by Crippen LogP contribution is -2.57. The van der Waals surface area contributed by atoms with Gasteiger partial charge in [-0.15, -0.1) is 11.8 Å². The van der Waals surface area contributed by atoms with Crippen LogP contribution in [0.25, 0.3) is 0 Å². The Labute approximate surface area is 133 Å². The second-order valence-corrected chi connectivity index (χ2v) is 7.49. The molecule has 21 heavy (non-hydrogen) atoms. The molecule has 1 aliphatic heterocycles. The minimum Gasteiger partial charge on any atom is -0.354 e. The molecule has 1 aromatic rings. The van der Waals surface area contributed by atoms with Gasteiger partial charge in [0.1, 0.15) is 6.04 Å². The predicted octanol–water partition coefficient (Wildman–Crippen LogP) is 1.05. The number of hydrogen-bond acceptors (Lipinski definition) is 4. The fourth-order valence-electron chi connectivity index (χ4n) is 1.91. The molecule has 0 spiro atoms. The predicted molar refractivity (Wildman–Crippen MR) is 83.3 cm³/mol. The fraction of sp³-hybridized carbons (Fsp3) is 0.615. The van der Waals surface area contributed by atoms with Crippen molar-refractivity contribution >= 4 is 35.2 Å². The number of carbonyl (C=O) groups is 2. The van der Waals surface area contributed by atoms with Gasteiger partial charge in [0.2, 0.25) is 11.8 Å². The van der Waals surface area contributed by atoms with Gasteiger partial charge in [0.25, 0.3) is 0 Å². The molecule has 2 amide bonds. The summed E-state index contributed by atoms with van der Waals surface area (Å²) in [5, 5.41) is 10.3. The van der Waals surface area contributed by atoms with Crippen molar-refractivity contribution in [1.82, 2.24) is 20.4 Å². The Bertz CT molecular complexity index is 532. The summed E-state index contributed by atoms with van der Waals surface area (Å²) in [4.78, 5) is 23.8. The summed E-state index contributed by atoms with van der Waals surface area (Å²) in [7, 11) is 0. The molecule has 0 aromatic carbocycles. The molecular formula is C13H19ClN4O2S. The highest BCUT2D eigenvalue weighted by molar-refractivity contribution is 8.01. The average molecular weight is 331 g/mol. The Morgan fingerprint density at radius 1 is 1.67 bits per heavy atom. The van der Waals surface area contributed by atoms with E-state index in [4.69, 9.17) is 11.6 Å². The summed E-state index contributed by atoms with van der Waals surface area (Å²) < 4.78 is 1.27. The van der Waals surface area contributed by atoms with Gasteiger partial charge in [-0.3, -0.25) is 14.3 Å². The second kappa shape index (κ2) is 6.70. The molecule has 2 N–H and O–H groups in total. The van der Waals surface area contributed by atoms with E-state index in [1.54, 1.807) is 17.1 Å². The molecule has 0 unspecified atom stereocenters. The quantitative estimate of drug-likeness (QED) is 0.791. The first-order valence-corrected chi connectivity index (χ1v) is 8.15. The van der Waals surface area contributed by atoms with Crippen LogP contribution in [-0.2, 0) is 16.1 Å². The van der Waals surface area contributed by atoms with E-state index in [1.807, 2.05) is 13.8 Å². The smallest absolute Gasteiger partial charge is 0.243 e. The van der Waals surface area contributed by atoms with Crippen LogP contribution in [0.15, 0.2) is 12.4 Å². The van der Waals surface area contributed by atoms with E-state index in [2.05, 4.69) is 15.7 Å². The first kappa shape index (κ1) is 16.2. The summed E-state index contributed by atoms with van der Waals surface area (Å²) in [6.45, 7) is 4.94. The van der Waals surface area contributed by atoms with E-state index < -0.39 is 10.8 Å². The van der Waals surface area contributed by atoms with Crippen LogP contribution in [-0.4, -0.2) is 44.7 Å². The largest absolute Gasteiger partial charge is 0.354 e. The summed E-state index contributed by atoms with van der Waals surface area (Å²) >= 11 is 7.27. The van der Waals surface area contributed by atoms with Crippen LogP contribution in [0.1, 0.15) is 20.3 Å². The summed E-state index contributed by atoms with van der Waals surface area (Å²) in [5.74, 6) is 0.370. The van der Waals surface area contributed by atoms with Crippen molar-refractivity contribution in [3.8, 4) is 0 Å². The Hall–Kier alpha value is -1.21. The first-order chi connectivity index (χ1) is 9.88. The Balaban J connectivity index is 1.69. The molecule has 1 aromatic heterocycles. The van der Waals surface area contributed by atoms with E-state index in [0.717, 1.165) is 6.42 Å². The second-order valence-electron chi connectivity index (χ2n) is 5.41. The third-order valence-corrected chi connectivity index (χ3v) is 4.85. The molecule has 6 nitrogen and oxygen atoms in total. The lowest BCUT2D eigenvalue weighted by molar-refractivity contribution is -0.129. The van der Waals surface area contributed by atoms with Gasteiger partial charge in [-0.2, -0.15) is 5.10 Å². The topological polar surface area (TPSA) is 76.0 Å². The molecule has 0 aliphatic carbocycles. The highest BCUT2D eigenvalue weighted by Crippen LogP contribution is 2.28. The number of aromatic nitrogens is 2. The van der Waals surface area contributed by atoms with E-state index >= 15 is 0 Å². The van der Waals surface area contributed by atoms with Crippen molar-refractivity contribution in [2.75, 3.05) is 12.3 Å². The van der Waals surface area contributed by atoms with Crippen molar-refractivity contribution in [3.63, 3.8) is 0 Å². The zero-order valence-corrected chi connectivity index (χ0v) is 13.6. The van der Waals surface area contributed by atoms with Gasteiger partial charge >= 0.3 is 0 Å². The normalized spacial score (nSPS) is 20.9. The maximum absolute atomic E-state index is 12.0. The molecule has 0 radical (unpaired) electrons. The van der Waals surface area contributed by atoms with E-state index in [9.17, 15) is 9.59 Å². The lowest BCUT2D eigenvalue weighted by atomic mass is 10.1. The molecule has 0 bridgehead atoms. The van der Waals surface area contributed by atoms with Crippen LogP contribution in [0.3, 0.4) is 0 Å². The number of carbonyl (C=O) groups excluding carboxylic acids is 2. The van der Waals surface area contributed by atoms with Gasteiger partial charge in [-0.1, -0.05) is 11.6 Å². The van der Waals surface area contributed by atoms with Crippen molar-refractivity contribution < 1.29 is 9.59 Å². The molecule has 116 valence electrons. The maximum Gasteiger partial charge on any atom is 0.243 e. The van der Waals surface area contributed by atoms with Crippen LogP contribution < -0.4 is 10.6 Å². The van der Waals surface area contributed by atoms with Gasteiger partial charge in [0.15, 0.2) is 0 Å². The maximum atomic E-state index is 12.0. The minimum atomic E-state index is -0.462. The minimum absolute atomic E-state index is 0.0925. The number of hydrogen-bond donors (Lipinski definition) is 2. The van der Waals surface area contributed by atoms with Crippen LogP contribution in [0.5, 0.6) is 0 Å². The lowest BCUT2D eigenvalue weighted by Gasteiger charge is -2.32. The van der Waals surface area contributed by atoms with Crippen molar-refractivity contribution in [3.05, 3.63) is 17.4 Å². The van der Waals surface area contributed by atoms with Gasteiger partial charge < -0.3 is 10.6 Å². The molecule has 8 heteroatoms. The van der Waals surface area contributed by atoms with Crippen LogP contribution in [0.2, 0.25) is 5.02 Å². The Morgan fingerprint density at radius 3 is 3.05 bits per heavy atom. The zero-order valence-electron chi connectivity index (χ0n) is 12.1. The van der Waals surface area contributed by atoms with Gasteiger partial charge in [0, 0.05) is 25.0 Å². The van der Waals surface area contributed by atoms with Gasteiger partial charge in [-0.25, -0.2) is 0 Å². The number of rotatable bonds is 5. The molecule has 1 fully saturated rings. The molecule has 2 rings (SSSR count). The highest BCUT2D eigenvalue weighted by Gasteiger charge is 2.37. The van der Waals surface area contributed by atoms with Crippen molar-refractivity contribution in [2.24, 2.45) is 0 Å². The van der Waals surface area contributed by atoms with Crippen LogP contribution in [0.4, 0.5) is 0 Å². The summed E-state index contributed by atoms with van der Waals surface area (Å²) in [6.07, 6.45) is 4.07. The van der Waals surface area contributed by atoms with E-state index in [0.29, 0.717) is 23.9 Å². The third kappa shape index (κ3) is 4.38. The van der Waals surface area contributed by atoms with E-state index in [1.165, 1.54) is 11.8 Å². The third-order valence-electron chi connectivity index (χ3n) is 3.24. The Morgan fingerprint density at radius 2 is 2.43 bits per heavy atom. The summed E-state index contributed by atoms with van der Waals surface area (Å²) in [5.41, 5.74) is 0. The first-order valence-electron chi connectivity index (χ1n) is 6.79. The number of thioether (sulfide) groups is 1. The number of amides is 2. The average Bonchev–Trinajstić information content (AvgIpc) is 2.83. The molecule has 1 saturated heterocycles. The molecule has 1 aliphatic rings. The van der Waals surface area contributed by atoms with Crippen LogP contribution in [0, 0.1) is 0 Å². The summed E-state index contributed by atoms with van der Waals surface area (Å²) in [6, 6.07) is -0.449. The number of halogens is 1. The van der Waals surface area contributed by atoms with Crippen molar-refractivity contribution in [1.29, 1.82) is 0 Å². The standard InChI is InChI=1S/C13H19ClN4O2S/c1-13(2)12(20)17-10(8-21-13)11(19)15-4-3-5-18-7-9(14)6-16-18/h6-7,10H,3-5,8H2,1-2H3,(H,15,19)(H,17,20)/t10-/m0/s1. The monoisotopic (exact) mass is 330 g/mol. The fourth-order valence-corrected chi connectivity index (χ4v) is 3.07. The highest BCUT2D eigenvalue weighted by atomic mass is 35.5. The van der Waals surface area contributed by atoms with Gasteiger partial charge in [0.05, 0.1) is 16.0 Å². The molecule has 2 heterocycles. The number of nitrogens with one attached hydrogen (secondary N) is 2. The van der Waals surface area contributed by atoms with Crippen molar-refractivity contribution in [2.45, 2.75) is 37.6 Å². The number of nitrogens with zero attached hydrogens (tertiary/aromatic N) is 2. The molecule has 1 atom stereocenters. The zero-order chi connectivity index (χ0) is 15.5.